The predicted molar refractivity (Wildman–Crippen MR) is 93.8 cm³/mol. The number of benzene rings is 2. The standard InChI is InChI=1S/C19H13NO2S/c1-12-7-9-14(10-8-12)17-20-18-15(19(21)22-17)11-16(23-18)13-5-3-2-4-6-13/h2-11H,1H3. The van der Waals surface area contributed by atoms with Crippen molar-refractivity contribution in [3.63, 3.8) is 0 Å². The minimum absolute atomic E-state index is 0.344. The molecule has 23 heavy (non-hydrogen) atoms. The summed E-state index contributed by atoms with van der Waals surface area (Å²) in [7, 11) is 0. The topological polar surface area (TPSA) is 43.1 Å². The van der Waals surface area contributed by atoms with Crippen molar-refractivity contribution in [1.82, 2.24) is 4.98 Å². The van der Waals surface area contributed by atoms with Crippen LogP contribution in [0.25, 0.3) is 32.1 Å². The SMILES string of the molecule is Cc1ccc(-c2nc3sc(-c4ccccc4)cc3c(=O)o2)cc1. The van der Waals surface area contributed by atoms with Crippen molar-refractivity contribution in [3.05, 3.63) is 76.6 Å². The van der Waals surface area contributed by atoms with Gasteiger partial charge in [-0.25, -0.2) is 9.78 Å². The van der Waals surface area contributed by atoms with E-state index in [1.807, 2.05) is 67.6 Å². The number of aryl methyl sites for hydroxylation is 1. The molecule has 0 amide bonds. The van der Waals surface area contributed by atoms with Crippen molar-refractivity contribution in [3.8, 4) is 21.9 Å². The Bertz CT molecular complexity index is 1030. The van der Waals surface area contributed by atoms with Gasteiger partial charge < -0.3 is 4.42 Å². The molecule has 4 heteroatoms. The monoisotopic (exact) mass is 319 g/mol. The Labute approximate surface area is 136 Å². The highest BCUT2D eigenvalue weighted by Crippen LogP contribution is 2.32. The van der Waals surface area contributed by atoms with Gasteiger partial charge in [-0.3, -0.25) is 0 Å². The fourth-order valence-electron chi connectivity index (χ4n) is 2.43. The first-order chi connectivity index (χ1) is 11.2. The number of aromatic nitrogens is 1. The van der Waals surface area contributed by atoms with Crippen molar-refractivity contribution < 1.29 is 4.42 Å². The maximum absolute atomic E-state index is 12.3. The summed E-state index contributed by atoms with van der Waals surface area (Å²) in [6.07, 6.45) is 0. The molecule has 0 aliphatic rings. The number of hydrogen-bond donors (Lipinski definition) is 0. The Balaban J connectivity index is 1.87. The van der Waals surface area contributed by atoms with Gasteiger partial charge in [0.2, 0.25) is 5.89 Å². The molecule has 0 spiro atoms. The second-order valence-electron chi connectivity index (χ2n) is 5.37. The summed E-state index contributed by atoms with van der Waals surface area (Å²) >= 11 is 1.51. The van der Waals surface area contributed by atoms with Crippen LogP contribution in [-0.4, -0.2) is 4.98 Å². The molecule has 2 aromatic carbocycles. The molecular weight excluding hydrogens is 306 g/mol. The minimum atomic E-state index is -0.344. The van der Waals surface area contributed by atoms with Gasteiger partial charge in [0.25, 0.3) is 0 Å². The van der Waals surface area contributed by atoms with Crippen LogP contribution in [0, 0.1) is 6.92 Å². The maximum Gasteiger partial charge on any atom is 0.348 e. The van der Waals surface area contributed by atoms with E-state index in [4.69, 9.17) is 4.42 Å². The lowest BCUT2D eigenvalue weighted by molar-refractivity contribution is 0.519. The average Bonchev–Trinajstić information content (AvgIpc) is 3.01. The zero-order valence-corrected chi connectivity index (χ0v) is 13.3. The van der Waals surface area contributed by atoms with E-state index in [1.54, 1.807) is 0 Å². The summed E-state index contributed by atoms with van der Waals surface area (Å²) in [4.78, 5) is 18.5. The molecule has 2 heterocycles. The van der Waals surface area contributed by atoms with Gasteiger partial charge in [-0.05, 0) is 30.7 Å². The predicted octanol–water partition coefficient (Wildman–Crippen LogP) is 4.89. The van der Waals surface area contributed by atoms with Crippen molar-refractivity contribution >= 4 is 21.6 Å². The molecule has 0 aliphatic heterocycles. The Morgan fingerprint density at radius 1 is 0.957 bits per heavy atom. The van der Waals surface area contributed by atoms with E-state index in [-0.39, 0.29) is 5.63 Å². The number of rotatable bonds is 2. The first-order valence-electron chi connectivity index (χ1n) is 7.28. The van der Waals surface area contributed by atoms with Crippen molar-refractivity contribution in [2.75, 3.05) is 0 Å². The van der Waals surface area contributed by atoms with E-state index in [0.717, 1.165) is 21.6 Å². The molecule has 112 valence electrons. The summed E-state index contributed by atoms with van der Waals surface area (Å²) in [6.45, 7) is 2.02. The van der Waals surface area contributed by atoms with Crippen molar-refractivity contribution in [2.45, 2.75) is 6.92 Å². The van der Waals surface area contributed by atoms with Crippen LogP contribution in [0.1, 0.15) is 5.56 Å². The highest BCUT2D eigenvalue weighted by Gasteiger charge is 2.13. The van der Waals surface area contributed by atoms with Gasteiger partial charge >= 0.3 is 5.63 Å². The molecule has 0 N–H and O–H groups in total. The number of hydrogen-bond acceptors (Lipinski definition) is 4. The van der Waals surface area contributed by atoms with Gasteiger partial charge in [0.05, 0.1) is 5.39 Å². The Kier molecular flexibility index (Phi) is 3.32. The van der Waals surface area contributed by atoms with Crippen LogP contribution in [0.4, 0.5) is 0 Å². The van der Waals surface area contributed by atoms with E-state index >= 15 is 0 Å². The summed E-state index contributed by atoms with van der Waals surface area (Å²) in [5.41, 5.74) is 2.69. The summed E-state index contributed by atoms with van der Waals surface area (Å²) in [5, 5.41) is 0.532. The highest BCUT2D eigenvalue weighted by molar-refractivity contribution is 7.21. The second kappa shape index (κ2) is 5.48. The number of thiophene rings is 1. The van der Waals surface area contributed by atoms with Crippen LogP contribution in [0.15, 0.2) is 69.9 Å². The van der Waals surface area contributed by atoms with Crippen LogP contribution < -0.4 is 5.63 Å². The summed E-state index contributed by atoms with van der Waals surface area (Å²) < 4.78 is 5.41. The largest absolute Gasteiger partial charge is 0.403 e. The molecular formula is C19H13NO2S. The van der Waals surface area contributed by atoms with E-state index < -0.39 is 0 Å². The molecule has 2 aromatic heterocycles. The van der Waals surface area contributed by atoms with Crippen LogP contribution in [-0.2, 0) is 0 Å². The fraction of sp³-hybridized carbons (Fsp3) is 0.0526. The van der Waals surface area contributed by atoms with Gasteiger partial charge in [0.1, 0.15) is 4.83 Å². The number of nitrogens with zero attached hydrogens (tertiary/aromatic N) is 1. The molecule has 0 aliphatic carbocycles. The van der Waals surface area contributed by atoms with Crippen LogP contribution in [0.3, 0.4) is 0 Å². The molecule has 3 nitrogen and oxygen atoms in total. The zero-order chi connectivity index (χ0) is 15.8. The lowest BCUT2D eigenvalue weighted by Crippen LogP contribution is -2.00. The van der Waals surface area contributed by atoms with Crippen molar-refractivity contribution in [2.24, 2.45) is 0 Å². The molecule has 0 saturated carbocycles. The van der Waals surface area contributed by atoms with Gasteiger partial charge in [0, 0.05) is 10.4 Å². The molecule has 0 radical (unpaired) electrons. The third kappa shape index (κ3) is 2.58. The van der Waals surface area contributed by atoms with Gasteiger partial charge in [-0.2, -0.15) is 0 Å². The average molecular weight is 319 g/mol. The first-order valence-corrected chi connectivity index (χ1v) is 8.09. The van der Waals surface area contributed by atoms with E-state index in [9.17, 15) is 4.79 Å². The van der Waals surface area contributed by atoms with Crippen molar-refractivity contribution in [1.29, 1.82) is 0 Å². The lowest BCUT2D eigenvalue weighted by Gasteiger charge is -1.99. The Hall–Kier alpha value is -2.72. The first kappa shape index (κ1) is 13.9. The summed E-state index contributed by atoms with van der Waals surface area (Å²) in [6, 6.07) is 19.6. The van der Waals surface area contributed by atoms with Gasteiger partial charge in [-0.1, -0.05) is 48.0 Å². The molecule has 0 unspecified atom stereocenters. The lowest BCUT2D eigenvalue weighted by atomic mass is 10.1. The van der Waals surface area contributed by atoms with E-state index in [2.05, 4.69) is 4.98 Å². The Morgan fingerprint density at radius 2 is 1.70 bits per heavy atom. The van der Waals surface area contributed by atoms with Crippen LogP contribution in [0.2, 0.25) is 0 Å². The Morgan fingerprint density at radius 3 is 2.43 bits per heavy atom. The molecule has 4 aromatic rings. The quantitative estimate of drug-likeness (QED) is 0.528. The zero-order valence-electron chi connectivity index (χ0n) is 12.4. The molecule has 0 saturated heterocycles. The highest BCUT2D eigenvalue weighted by atomic mass is 32.1. The molecule has 0 fully saturated rings. The molecule has 4 rings (SSSR count). The maximum atomic E-state index is 12.3. The van der Waals surface area contributed by atoms with Gasteiger partial charge in [0.15, 0.2) is 0 Å². The number of fused-ring (bicyclic) bond motifs is 1. The third-order valence-corrected chi connectivity index (χ3v) is 4.76. The molecule has 0 bridgehead atoms. The third-order valence-electron chi connectivity index (χ3n) is 3.68. The van der Waals surface area contributed by atoms with E-state index in [0.29, 0.717) is 16.1 Å². The fourth-order valence-corrected chi connectivity index (χ4v) is 3.45. The molecule has 0 atom stereocenters. The van der Waals surface area contributed by atoms with E-state index in [1.165, 1.54) is 11.3 Å². The summed E-state index contributed by atoms with van der Waals surface area (Å²) in [5.74, 6) is 0.365. The van der Waals surface area contributed by atoms with Crippen LogP contribution >= 0.6 is 11.3 Å². The van der Waals surface area contributed by atoms with Gasteiger partial charge in [-0.15, -0.1) is 11.3 Å². The van der Waals surface area contributed by atoms with Crippen LogP contribution in [0.5, 0.6) is 0 Å². The smallest absolute Gasteiger partial charge is 0.348 e. The minimum Gasteiger partial charge on any atom is -0.403 e. The second-order valence-corrected chi connectivity index (χ2v) is 6.40. The normalized spacial score (nSPS) is 11.0.